The molecule has 41 heavy (non-hydrogen) atoms. The van der Waals surface area contributed by atoms with Crippen molar-refractivity contribution in [2.75, 3.05) is 18.9 Å². The maximum absolute atomic E-state index is 13.0. The number of Topliss-reactive ketones (excluding diaryl/α,β-unsaturated/α-hetero) is 1. The fourth-order valence-electron chi connectivity index (χ4n) is 6.50. The minimum absolute atomic E-state index is 0.000538. The highest BCUT2D eigenvalue weighted by Crippen LogP contribution is 2.48. The molecule has 5 rings (SSSR count). The van der Waals surface area contributed by atoms with E-state index in [9.17, 15) is 9.90 Å². The molecule has 2 aromatic rings. The molecule has 10 heteroatoms. The number of hydrogen-bond acceptors (Lipinski definition) is 10. The predicted octanol–water partition coefficient (Wildman–Crippen LogP) is 5.33. The van der Waals surface area contributed by atoms with E-state index in [1.807, 2.05) is 19.1 Å². The Bertz CT molecular complexity index is 1370. The Morgan fingerprint density at radius 1 is 1.20 bits per heavy atom. The van der Waals surface area contributed by atoms with E-state index in [-0.39, 0.29) is 35.2 Å². The lowest BCUT2D eigenvalue weighted by Crippen LogP contribution is -2.39. The number of ketones is 1. The number of aromatic nitrogens is 3. The van der Waals surface area contributed by atoms with Gasteiger partial charge in [-0.05, 0) is 83.7 Å². The molecule has 1 aliphatic heterocycles. The number of hydrogen-bond donors (Lipinski definition) is 4. The molecule has 10 nitrogen and oxygen atoms in total. The lowest BCUT2D eigenvalue weighted by atomic mass is 9.64. The van der Waals surface area contributed by atoms with E-state index in [0.29, 0.717) is 55.1 Å². The summed E-state index contributed by atoms with van der Waals surface area (Å²) < 4.78 is 6.35. The Morgan fingerprint density at radius 3 is 2.68 bits per heavy atom. The van der Waals surface area contributed by atoms with Crippen molar-refractivity contribution in [1.82, 2.24) is 19.9 Å². The molecule has 0 aromatic carbocycles. The average Bonchev–Trinajstić information content (AvgIpc) is 3.41. The second kappa shape index (κ2) is 12.3. The molecule has 1 saturated carbocycles. The van der Waals surface area contributed by atoms with Gasteiger partial charge in [0.05, 0.1) is 5.41 Å². The van der Waals surface area contributed by atoms with Crippen LogP contribution in [-0.2, 0) is 4.79 Å². The van der Waals surface area contributed by atoms with Crippen molar-refractivity contribution in [3.05, 3.63) is 59.4 Å². The van der Waals surface area contributed by atoms with Gasteiger partial charge in [-0.1, -0.05) is 6.42 Å². The van der Waals surface area contributed by atoms with Crippen molar-refractivity contribution >= 4 is 29.2 Å². The monoisotopic (exact) mass is 557 g/mol. The second-order valence-electron chi connectivity index (χ2n) is 11.3. The molecule has 0 amide bonds. The average molecular weight is 558 g/mol. The first-order valence-electron chi connectivity index (χ1n) is 14.5. The molecule has 2 fully saturated rings. The van der Waals surface area contributed by atoms with Gasteiger partial charge >= 0.3 is 0 Å². The molecule has 0 radical (unpaired) electrons. The van der Waals surface area contributed by atoms with Crippen LogP contribution in [-0.4, -0.2) is 68.4 Å². The van der Waals surface area contributed by atoms with Gasteiger partial charge < -0.3 is 20.6 Å². The Kier molecular flexibility index (Phi) is 8.58. The normalized spacial score (nSPS) is 24.4. The summed E-state index contributed by atoms with van der Waals surface area (Å²) in [5.41, 5.74) is 0.978. The van der Waals surface area contributed by atoms with E-state index in [1.54, 1.807) is 24.5 Å². The summed E-state index contributed by atoms with van der Waals surface area (Å²) in [5, 5.41) is 31.5. The smallest absolute Gasteiger partial charge is 0.219 e. The lowest BCUT2D eigenvalue weighted by molar-refractivity contribution is -0.131. The molecule has 3 atom stereocenters. The van der Waals surface area contributed by atoms with Crippen LogP contribution in [0.2, 0.25) is 0 Å². The van der Waals surface area contributed by atoms with Crippen LogP contribution in [0.15, 0.2) is 48.0 Å². The van der Waals surface area contributed by atoms with E-state index < -0.39 is 5.41 Å². The quantitative estimate of drug-likeness (QED) is 0.302. The standard InChI is InChI=1S/C31H39N7O3/c1-20(24-8-6-18-38(24)2)41-27-19-26(35-23(10-15-32)21-11-16-34-17-12-21)36-30(37-27)28(33)22-7-5-14-31(29(22)40)13-4-3-9-25(31)39/h10-12,15-17,19-20,24,32-33,40H,3-9,13-14,18H2,1-2H3,(H,35,36,37)/b23-10-,32-15?,33-28?/t20-,24-,31+/m0/s1. The summed E-state index contributed by atoms with van der Waals surface area (Å²) in [7, 11) is 2.09. The first kappa shape index (κ1) is 28.6. The number of carbonyl (C=O) groups excluding carboxylic acids is 1. The minimum Gasteiger partial charge on any atom is -0.511 e. The maximum Gasteiger partial charge on any atom is 0.219 e. The third kappa shape index (κ3) is 5.93. The van der Waals surface area contributed by atoms with Crippen LogP contribution in [0.5, 0.6) is 5.88 Å². The highest BCUT2D eigenvalue weighted by atomic mass is 16.5. The van der Waals surface area contributed by atoms with Crippen molar-refractivity contribution in [2.45, 2.75) is 76.9 Å². The number of carbonyl (C=O) groups is 1. The molecule has 1 spiro atoms. The summed E-state index contributed by atoms with van der Waals surface area (Å²) in [6.07, 6.45) is 12.8. The Labute approximate surface area is 241 Å². The van der Waals surface area contributed by atoms with Crippen LogP contribution in [0, 0.1) is 16.2 Å². The van der Waals surface area contributed by atoms with Gasteiger partial charge in [0.2, 0.25) is 5.88 Å². The fourth-order valence-corrected chi connectivity index (χ4v) is 6.50. The SMILES string of the molecule is C[C@H](Oc1cc(N/C(=C\C=N)c2ccncc2)nc(C(=N)C2=C(O)[C@]3(CCCCC3=O)CCC2)n1)[C@@H]1CCCN1C. The van der Waals surface area contributed by atoms with Crippen molar-refractivity contribution in [3.8, 4) is 5.88 Å². The third-order valence-corrected chi connectivity index (χ3v) is 8.72. The Hall–Kier alpha value is -3.92. The molecule has 3 aliphatic rings. The molecule has 2 aliphatic carbocycles. The van der Waals surface area contributed by atoms with Crippen LogP contribution < -0.4 is 10.1 Å². The van der Waals surface area contributed by atoms with Crippen LogP contribution >= 0.6 is 0 Å². The molecule has 1 saturated heterocycles. The number of aliphatic hydroxyl groups is 1. The highest BCUT2D eigenvalue weighted by Gasteiger charge is 2.47. The van der Waals surface area contributed by atoms with Crippen LogP contribution in [0.3, 0.4) is 0 Å². The number of pyridine rings is 1. The number of nitrogens with zero attached hydrogens (tertiary/aromatic N) is 4. The zero-order chi connectivity index (χ0) is 29.0. The molecular weight excluding hydrogens is 518 g/mol. The number of likely N-dealkylation sites (tertiary alicyclic amines) is 1. The summed E-state index contributed by atoms with van der Waals surface area (Å²) in [4.78, 5) is 28.7. The van der Waals surface area contributed by atoms with Crippen LogP contribution in [0.1, 0.15) is 76.1 Å². The summed E-state index contributed by atoms with van der Waals surface area (Å²) in [6, 6.07) is 5.60. The molecule has 4 N–H and O–H groups in total. The van der Waals surface area contributed by atoms with Gasteiger partial charge in [0.25, 0.3) is 0 Å². The van der Waals surface area contributed by atoms with Gasteiger partial charge in [-0.2, -0.15) is 4.98 Å². The van der Waals surface area contributed by atoms with Crippen LogP contribution in [0.25, 0.3) is 5.70 Å². The van der Waals surface area contributed by atoms with Crippen molar-refractivity contribution < 1.29 is 14.6 Å². The Morgan fingerprint density at radius 2 is 1.98 bits per heavy atom. The van der Waals surface area contributed by atoms with E-state index in [0.717, 1.165) is 37.8 Å². The number of likely N-dealkylation sites (N-methyl/N-ethyl adjacent to an activating group) is 1. The van der Waals surface area contributed by atoms with Crippen LogP contribution in [0.4, 0.5) is 5.82 Å². The van der Waals surface area contributed by atoms with Crippen molar-refractivity contribution in [3.63, 3.8) is 0 Å². The predicted molar refractivity (Wildman–Crippen MR) is 159 cm³/mol. The number of ether oxygens (including phenoxy) is 1. The van der Waals surface area contributed by atoms with E-state index in [1.165, 1.54) is 6.21 Å². The van der Waals surface area contributed by atoms with Gasteiger partial charge in [0, 0.05) is 54.0 Å². The maximum atomic E-state index is 13.0. The van der Waals surface area contributed by atoms with Gasteiger partial charge in [-0.3, -0.25) is 20.1 Å². The van der Waals surface area contributed by atoms with Crippen molar-refractivity contribution in [2.24, 2.45) is 5.41 Å². The summed E-state index contributed by atoms with van der Waals surface area (Å²) in [6.45, 7) is 3.04. The van der Waals surface area contributed by atoms with E-state index in [4.69, 9.17) is 15.6 Å². The molecular formula is C31H39N7O3. The van der Waals surface area contributed by atoms with Gasteiger partial charge in [-0.15, -0.1) is 0 Å². The molecule has 216 valence electrons. The highest BCUT2D eigenvalue weighted by molar-refractivity contribution is 6.09. The minimum atomic E-state index is -0.893. The Balaban J connectivity index is 1.52. The second-order valence-corrected chi connectivity index (χ2v) is 11.3. The summed E-state index contributed by atoms with van der Waals surface area (Å²) >= 11 is 0. The topological polar surface area (TPSA) is 148 Å². The number of aliphatic hydroxyl groups excluding tert-OH is 1. The van der Waals surface area contributed by atoms with E-state index >= 15 is 0 Å². The van der Waals surface area contributed by atoms with Gasteiger partial charge in [-0.25, -0.2) is 4.98 Å². The van der Waals surface area contributed by atoms with Crippen molar-refractivity contribution in [1.29, 1.82) is 10.8 Å². The van der Waals surface area contributed by atoms with E-state index in [2.05, 4.69) is 32.2 Å². The lowest BCUT2D eigenvalue weighted by Gasteiger charge is -2.39. The molecule has 0 unspecified atom stereocenters. The first-order valence-corrected chi connectivity index (χ1v) is 14.5. The number of nitrogens with one attached hydrogen (secondary N) is 3. The molecule has 3 heterocycles. The third-order valence-electron chi connectivity index (χ3n) is 8.72. The van der Waals surface area contributed by atoms with Gasteiger partial charge in [0.1, 0.15) is 29.2 Å². The number of allylic oxidation sites excluding steroid dienone is 3. The molecule has 2 aromatic heterocycles. The number of rotatable bonds is 9. The van der Waals surface area contributed by atoms with Gasteiger partial charge in [0.15, 0.2) is 5.82 Å². The fraction of sp³-hybridized carbons (Fsp3) is 0.484. The zero-order valence-electron chi connectivity index (χ0n) is 23.8. The molecule has 0 bridgehead atoms. The number of anilines is 1. The largest absolute Gasteiger partial charge is 0.511 e. The zero-order valence-corrected chi connectivity index (χ0v) is 23.8. The first-order chi connectivity index (χ1) is 19.8. The summed E-state index contributed by atoms with van der Waals surface area (Å²) in [5.74, 6) is 0.914.